The number of hydrogen-bond donors (Lipinski definition) is 1. The minimum Gasteiger partial charge on any atom is -0.481 e. The second kappa shape index (κ2) is 6.42. The Balaban J connectivity index is 1.82. The molecule has 1 N–H and O–H groups in total. The average Bonchev–Trinajstić information content (AvgIpc) is 2.66. The Morgan fingerprint density at radius 1 is 1.04 bits per heavy atom. The Hall–Kier alpha value is -2.93. The van der Waals surface area contributed by atoms with Crippen molar-refractivity contribution >= 4 is 34.2 Å². The number of carbonyl (C=O) groups is 3. The molecule has 2 amide bonds. The number of anilines is 1. The number of morpholine rings is 1. The van der Waals surface area contributed by atoms with Crippen LogP contribution in [0.15, 0.2) is 30.3 Å². The van der Waals surface area contributed by atoms with Crippen LogP contribution in [0.4, 0.5) is 5.69 Å². The zero-order chi connectivity index (χ0) is 18.3. The van der Waals surface area contributed by atoms with Crippen molar-refractivity contribution in [3.05, 3.63) is 41.5 Å². The lowest BCUT2D eigenvalue weighted by Gasteiger charge is -2.32. The number of carbonyl (C=O) groups excluding carboxylic acids is 2. The predicted molar refractivity (Wildman–Crippen MR) is 94.6 cm³/mol. The summed E-state index contributed by atoms with van der Waals surface area (Å²) in [6, 6.07) is 9.04. The van der Waals surface area contributed by atoms with Crippen LogP contribution >= 0.6 is 0 Å². The van der Waals surface area contributed by atoms with E-state index in [1.165, 1.54) is 0 Å². The largest absolute Gasteiger partial charge is 0.481 e. The van der Waals surface area contributed by atoms with Gasteiger partial charge in [-0.25, -0.2) is 0 Å². The molecule has 2 aliphatic heterocycles. The van der Waals surface area contributed by atoms with Crippen LogP contribution in [0.3, 0.4) is 0 Å². The summed E-state index contributed by atoms with van der Waals surface area (Å²) in [5, 5.41) is 10.4. The molecule has 26 heavy (non-hydrogen) atoms. The van der Waals surface area contributed by atoms with E-state index in [1.807, 2.05) is 12.1 Å². The fourth-order valence-corrected chi connectivity index (χ4v) is 3.62. The summed E-state index contributed by atoms with van der Waals surface area (Å²) < 4.78 is 5.40. The van der Waals surface area contributed by atoms with Gasteiger partial charge in [-0.15, -0.1) is 0 Å². The van der Waals surface area contributed by atoms with Crippen molar-refractivity contribution in [1.29, 1.82) is 0 Å². The molecule has 2 heterocycles. The van der Waals surface area contributed by atoms with Gasteiger partial charge in [-0.2, -0.15) is 0 Å². The monoisotopic (exact) mass is 354 g/mol. The van der Waals surface area contributed by atoms with Crippen molar-refractivity contribution in [3.63, 3.8) is 0 Å². The fraction of sp³-hybridized carbons (Fsp3) is 0.316. The van der Waals surface area contributed by atoms with Crippen LogP contribution in [-0.4, -0.2) is 60.6 Å². The third kappa shape index (κ3) is 2.61. The molecule has 0 bridgehead atoms. The van der Waals surface area contributed by atoms with Crippen molar-refractivity contribution < 1.29 is 24.2 Å². The normalized spacial score (nSPS) is 17.1. The van der Waals surface area contributed by atoms with Gasteiger partial charge in [-0.05, 0) is 18.2 Å². The van der Waals surface area contributed by atoms with Crippen LogP contribution in [0.25, 0.3) is 10.8 Å². The molecule has 0 aromatic heterocycles. The molecule has 0 spiro atoms. The van der Waals surface area contributed by atoms with Gasteiger partial charge in [0.25, 0.3) is 11.8 Å². The first kappa shape index (κ1) is 16.5. The molecular weight excluding hydrogens is 336 g/mol. The third-order valence-electron chi connectivity index (χ3n) is 4.87. The van der Waals surface area contributed by atoms with Gasteiger partial charge in [-0.1, -0.05) is 12.1 Å². The molecule has 1 fully saturated rings. The first-order valence-electron chi connectivity index (χ1n) is 8.54. The number of amides is 2. The predicted octanol–water partition coefficient (Wildman–Crippen LogP) is 1.75. The zero-order valence-corrected chi connectivity index (χ0v) is 14.1. The second-order valence-corrected chi connectivity index (χ2v) is 6.37. The Morgan fingerprint density at radius 3 is 2.42 bits per heavy atom. The molecule has 2 aromatic rings. The summed E-state index contributed by atoms with van der Waals surface area (Å²) in [7, 11) is 0. The summed E-state index contributed by atoms with van der Waals surface area (Å²) in [5.74, 6) is -1.92. The summed E-state index contributed by atoms with van der Waals surface area (Å²) in [6.45, 7) is 2.66. The zero-order valence-electron chi connectivity index (χ0n) is 14.1. The minimum atomic E-state index is -1.04. The second-order valence-electron chi connectivity index (χ2n) is 6.37. The number of carboxylic acids is 1. The summed E-state index contributed by atoms with van der Waals surface area (Å²) >= 11 is 0. The van der Waals surface area contributed by atoms with Gasteiger partial charge >= 0.3 is 5.97 Å². The number of nitrogens with zero attached hydrogens (tertiary/aromatic N) is 2. The van der Waals surface area contributed by atoms with Gasteiger partial charge in [0, 0.05) is 47.2 Å². The Kier molecular flexibility index (Phi) is 4.08. The SMILES string of the molecule is O=C(O)CCN1C(=O)c2cccc3c(N4CCOCC4)ccc(c23)C1=O. The van der Waals surface area contributed by atoms with E-state index in [2.05, 4.69) is 4.90 Å². The maximum absolute atomic E-state index is 12.8. The van der Waals surface area contributed by atoms with Crippen molar-refractivity contribution in [3.8, 4) is 0 Å². The molecule has 134 valence electrons. The lowest BCUT2D eigenvalue weighted by molar-refractivity contribution is -0.137. The summed E-state index contributed by atoms with van der Waals surface area (Å²) in [5.41, 5.74) is 1.86. The molecule has 7 heteroatoms. The van der Waals surface area contributed by atoms with Crippen LogP contribution < -0.4 is 4.90 Å². The van der Waals surface area contributed by atoms with Crippen molar-refractivity contribution in [2.75, 3.05) is 37.7 Å². The van der Waals surface area contributed by atoms with Crippen LogP contribution in [0.1, 0.15) is 27.1 Å². The Labute approximate surface area is 149 Å². The smallest absolute Gasteiger partial charge is 0.305 e. The summed E-state index contributed by atoms with van der Waals surface area (Å²) in [6.07, 6.45) is -0.269. The number of aliphatic carboxylic acids is 1. The van der Waals surface area contributed by atoms with Gasteiger partial charge in [0.05, 0.1) is 19.6 Å². The molecule has 2 aliphatic rings. The quantitative estimate of drug-likeness (QED) is 0.842. The Bertz CT molecular complexity index is 895. The lowest BCUT2D eigenvalue weighted by Crippen LogP contribution is -2.41. The molecule has 0 aliphatic carbocycles. The highest BCUT2D eigenvalue weighted by Gasteiger charge is 2.33. The maximum Gasteiger partial charge on any atom is 0.305 e. The molecular formula is C19H18N2O5. The van der Waals surface area contributed by atoms with E-state index in [1.54, 1.807) is 18.2 Å². The maximum atomic E-state index is 12.8. The van der Waals surface area contributed by atoms with Crippen molar-refractivity contribution in [2.24, 2.45) is 0 Å². The number of hydrogen-bond acceptors (Lipinski definition) is 5. The standard InChI is InChI=1S/C19H18N2O5/c22-16(23)6-7-21-18(24)13-3-1-2-12-15(20-8-10-26-11-9-20)5-4-14(17(12)13)19(21)25/h1-5H,6-11H2,(H,22,23). The van der Waals surface area contributed by atoms with Crippen LogP contribution in [-0.2, 0) is 9.53 Å². The van der Waals surface area contributed by atoms with Crippen molar-refractivity contribution in [2.45, 2.75) is 6.42 Å². The van der Waals surface area contributed by atoms with E-state index >= 15 is 0 Å². The summed E-state index contributed by atoms with van der Waals surface area (Å²) in [4.78, 5) is 39.7. The highest BCUT2D eigenvalue weighted by Crippen LogP contribution is 2.36. The highest BCUT2D eigenvalue weighted by atomic mass is 16.5. The average molecular weight is 354 g/mol. The van der Waals surface area contributed by atoms with Crippen LogP contribution in [0, 0.1) is 0 Å². The van der Waals surface area contributed by atoms with Gasteiger partial charge in [0.15, 0.2) is 0 Å². The molecule has 1 saturated heterocycles. The van der Waals surface area contributed by atoms with Crippen LogP contribution in [0.5, 0.6) is 0 Å². The number of benzene rings is 2. The van der Waals surface area contributed by atoms with Gasteiger partial charge in [0.2, 0.25) is 0 Å². The van der Waals surface area contributed by atoms with E-state index in [4.69, 9.17) is 9.84 Å². The molecule has 4 rings (SSSR count). The molecule has 7 nitrogen and oxygen atoms in total. The molecule has 0 radical (unpaired) electrons. The van der Waals surface area contributed by atoms with Gasteiger partial charge < -0.3 is 14.7 Å². The fourth-order valence-electron chi connectivity index (χ4n) is 3.62. The number of imide groups is 1. The molecule has 0 unspecified atom stereocenters. The lowest BCUT2D eigenvalue weighted by atomic mass is 9.92. The van der Waals surface area contributed by atoms with E-state index < -0.39 is 17.8 Å². The highest BCUT2D eigenvalue weighted by molar-refractivity contribution is 6.26. The van der Waals surface area contributed by atoms with Gasteiger partial charge in [-0.3, -0.25) is 19.3 Å². The number of ether oxygens (including phenoxy) is 1. The molecule has 0 saturated carbocycles. The Morgan fingerprint density at radius 2 is 1.73 bits per heavy atom. The number of rotatable bonds is 4. The van der Waals surface area contributed by atoms with Crippen molar-refractivity contribution in [1.82, 2.24) is 4.90 Å². The van der Waals surface area contributed by atoms with Crippen LogP contribution in [0.2, 0.25) is 0 Å². The van der Waals surface area contributed by atoms with E-state index in [0.717, 1.165) is 29.1 Å². The van der Waals surface area contributed by atoms with Gasteiger partial charge in [0.1, 0.15) is 0 Å². The number of carboxylic acid groups (broad SMARTS) is 1. The van der Waals surface area contributed by atoms with E-state index in [9.17, 15) is 14.4 Å². The van der Waals surface area contributed by atoms with E-state index in [0.29, 0.717) is 29.7 Å². The molecule has 2 aromatic carbocycles. The first-order chi connectivity index (χ1) is 12.6. The topological polar surface area (TPSA) is 87.2 Å². The van der Waals surface area contributed by atoms with E-state index in [-0.39, 0.29) is 13.0 Å². The minimum absolute atomic E-state index is 0.131. The third-order valence-corrected chi connectivity index (χ3v) is 4.87. The molecule has 0 atom stereocenters. The first-order valence-corrected chi connectivity index (χ1v) is 8.54.